The van der Waals surface area contributed by atoms with Gasteiger partial charge in [0.05, 0.1) is 18.6 Å². The smallest absolute Gasteiger partial charge is 0.262 e. The molecule has 0 bridgehead atoms. The molecule has 2 unspecified atom stereocenters. The summed E-state index contributed by atoms with van der Waals surface area (Å²) in [5.74, 6) is -1.76. The molecule has 0 aromatic carbocycles. The normalized spacial score (nSPS) is 23.8. The van der Waals surface area contributed by atoms with Gasteiger partial charge in [0.25, 0.3) is 5.92 Å². The minimum atomic E-state index is -2.79. The van der Waals surface area contributed by atoms with E-state index in [9.17, 15) is 13.6 Å². The van der Waals surface area contributed by atoms with Gasteiger partial charge in [0, 0.05) is 39.0 Å². The van der Waals surface area contributed by atoms with Crippen molar-refractivity contribution >= 4 is 30.7 Å². The van der Waals surface area contributed by atoms with Gasteiger partial charge < -0.3 is 9.42 Å². The lowest BCUT2D eigenvalue weighted by molar-refractivity contribution is -0.135. The van der Waals surface area contributed by atoms with E-state index in [-0.39, 0.29) is 36.8 Å². The molecule has 1 amide bonds. The minimum Gasteiger partial charge on any atom is -0.339 e. The number of hydrogen-bond donors (Lipinski definition) is 1. The number of nitrogens with zero attached hydrogens (tertiary/aromatic N) is 4. The van der Waals surface area contributed by atoms with Crippen molar-refractivity contribution in [1.29, 1.82) is 0 Å². The molecule has 2 atom stereocenters. The molecule has 26 heavy (non-hydrogen) atoms. The van der Waals surface area contributed by atoms with Gasteiger partial charge in [-0.15, -0.1) is 24.8 Å². The van der Waals surface area contributed by atoms with Crippen LogP contribution in [-0.2, 0) is 11.2 Å². The van der Waals surface area contributed by atoms with Crippen LogP contribution in [0.5, 0.6) is 0 Å². The van der Waals surface area contributed by atoms with Crippen LogP contribution < -0.4 is 5.32 Å². The maximum Gasteiger partial charge on any atom is 0.262 e. The molecule has 2 aliphatic rings. The molecule has 2 fully saturated rings. The highest BCUT2D eigenvalue weighted by Crippen LogP contribution is 2.27. The van der Waals surface area contributed by atoms with E-state index in [1.165, 1.54) is 0 Å². The first-order valence-electron chi connectivity index (χ1n) is 8.36. The van der Waals surface area contributed by atoms with Gasteiger partial charge >= 0.3 is 0 Å². The first-order chi connectivity index (χ1) is 11.4. The second kappa shape index (κ2) is 9.25. The van der Waals surface area contributed by atoms with Gasteiger partial charge in [0.15, 0.2) is 5.82 Å². The monoisotopic (exact) mass is 415 g/mol. The molecule has 3 rings (SSSR count). The zero-order chi connectivity index (χ0) is 17.3. The molecule has 0 radical (unpaired) electrons. The van der Waals surface area contributed by atoms with E-state index in [2.05, 4.69) is 20.4 Å². The van der Waals surface area contributed by atoms with Gasteiger partial charge in [0.2, 0.25) is 11.8 Å². The molecule has 0 spiro atoms. The zero-order valence-corrected chi connectivity index (χ0v) is 16.4. The standard InChI is InChI=1S/C15H23F2N5O2.2ClH/c1-3-12-19-13(24-20-12)10(2)21-4-6-22(7-5-21)14(23)11-8-15(16,17)9-18-11;;/h10-11,18H,3-9H2,1-2H3;2*1H. The van der Waals surface area contributed by atoms with Crippen LogP contribution in [0.2, 0.25) is 0 Å². The Bertz CT molecular complexity index is 596. The van der Waals surface area contributed by atoms with Crippen LogP contribution in [0, 0.1) is 0 Å². The number of hydrogen-bond acceptors (Lipinski definition) is 6. The Balaban J connectivity index is 0.00000169. The lowest BCUT2D eigenvalue weighted by atomic mass is 10.1. The fourth-order valence-corrected chi connectivity index (χ4v) is 3.18. The van der Waals surface area contributed by atoms with Crippen molar-refractivity contribution in [3.8, 4) is 0 Å². The third-order valence-corrected chi connectivity index (χ3v) is 4.74. The molecule has 1 N–H and O–H groups in total. The highest BCUT2D eigenvalue weighted by atomic mass is 35.5. The fourth-order valence-electron chi connectivity index (χ4n) is 3.18. The van der Waals surface area contributed by atoms with Crippen molar-refractivity contribution in [1.82, 2.24) is 25.3 Å². The van der Waals surface area contributed by atoms with Crippen LogP contribution in [-0.4, -0.2) is 70.5 Å². The summed E-state index contributed by atoms with van der Waals surface area (Å²) in [4.78, 5) is 20.5. The Morgan fingerprint density at radius 1 is 1.35 bits per heavy atom. The lowest BCUT2D eigenvalue weighted by Gasteiger charge is -2.37. The zero-order valence-electron chi connectivity index (χ0n) is 14.8. The van der Waals surface area contributed by atoms with Crippen molar-refractivity contribution in [3.05, 3.63) is 11.7 Å². The van der Waals surface area contributed by atoms with Crippen LogP contribution >= 0.6 is 24.8 Å². The summed E-state index contributed by atoms with van der Waals surface area (Å²) in [5.41, 5.74) is 0. The summed E-state index contributed by atoms with van der Waals surface area (Å²) in [6, 6.07) is -0.795. The Morgan fingerprint density at radius 2 is 2.00 bits per heavy atom. The molecular weight excluding hydrogens is 391 g/mol. The van der Waals surface area contributed by atoms with Gasteiger partial charge in [-0.2, -0.15) is 4.98 Å². The fraction of sp³-hybridized carbons (Fsp3) is 0.800. The molecule has 1 aromatic rings. The molecule has 2 saturated heterocycles. The SMILES string of the molecule is CCc1noc(C(C)N2CCN(C(=O)C3CC(F)(F)CN3)CC2)n1.Cl.Cl. The van der Waals surface area contributed by atoms with Crippen LogP contribution in [0.25, 0.3) is 0 Å². The van der Waals surface area contributed by atoms with Gasteiger partial charge in [-0.1, -0.05) is 12.1 Å². The Labute approximate surface area is 163 Å². The maximum absolute atomic E-state index is 13.2. The second-order valence-corrected chi connectivity index (χ2v) is 6.43. The van der Waals surface area contributed by atoms with E-state index in [0.29, 0.717) is 37.9 Å². The summed E-state index contributed by atoms with van der Waals surface area (Å²) >= 11 is 0. The van der Waals surface area contributed by atoms with Crippen molar-refractivity contribution in [2.45, 2.75) is 44.7 Å². The van der Waals surface area contributed by atoms with Crippen molar-refractivity contribution < 1.29 is 18.1 Å². The predicted molar refractivity (Wildman–Crippen MR) is 96.1 cm³/mol. The number of aromatic nitrogens is 2. The molecule has 1 aromatic heterocycles. The number of nitrogens with one attached hydrogen (secondary N) is 1. The third kappa shape index (κ3) is 5.03. The van der Waals surface area contributed by atoms with E-state index < -0.39 is 24.9 Å². The van der Waals surface area contributed by atoms with E-state index in [4.69, 9.17) is 4.52 Å². The van der Waals surface area contributed by atoms with Crippen LogP contribution in [0.15, 0.2) is 4.52 Å². The molecule has 3 heterocycles. The van der Waals surface area contributed by atoms with Crippen LogP contribution in [0.3, 0.4) is 0 Å². The summed E-state index contributed by atoms with van der Waals surface area (Å²) in [7, 11) is 0. The summed E-state index contributed by atoms with van der Waals surface area (Å²) < 4.78 is 31.8. The summed E-state index contributed by atoms with van der Waals surface area (Å²) in [6.07, 6.45) is 0.307. The highest BCUT2D eigenvalue weighted by molar-refractivity contribution is 5.85. The number of piperazine rings is 1. The number of halogens is 4. The Hall–Kier alpha value is -1.03. The van der Waals surface area contributed by atoms with Crippen LogP contribution in [0.1, 0.15) is 38.0 Å². The highest BCUT2D eigenvalue weighted by Gasteiger charge is 2.44. The van der Waals surface area contributed by atoms with Gasteiger partial charge in [0.1, 0.15) is 0 Å². The van der Waals surface area contributed by atoms with E-state index >= 15 is 0 Å². The number of carbonyl (C=O) groups is 1. The quantitative estimate of drug-likeness (QED) is 0.805. The van der Waals surface area contributed by atoms with Gasteiger partial charge in [-0.25, -0.2) is 8.78 Å². The van der Waals surface area contributed by atoms with Gasteiger partial charge in [-0.3, -0.25) is 15.0 Å². The molecular formula is C15H25Cl2F2N5O2. The largest absolute Gasteiger partial charge is 0.339 e. The first kappa shape index (κ1) is 23.0. The Kier molecular flexibility index (Phi) is 8.19. The first-order valence-corrected chi connectivity index (χ1v) is 8.36. The van der Waals surface area contributed by atoms with Crippen molar-refractivity contribution in [3.63, 3.8) is 0 Å². The van der Waals surface area contributed by atoms with E-state index in [0.717, 1.165) is 6.42 Å². The molecule has 0 aliphatic carbocycles. The van der Waals surface area contributed by atoms with Crippen molar-refractivity contribution in [2.24, 2.45) is 0 Å². The maximum atomic E-state index is 13.2. The van der Waals surface area contributed by atoms with Crippen LogP contribution in [0.4, 0.5) is 8.78 Å². The number of rotatable bonds is 4. The minimum absolute atomic E-state index is 0. The summed E-state index contributed by atoms with van der Waals surface area (Å²) in [6.45, 7) is 5.87. The number of carbonyl (C=O) groups excluding carboxylic acids is 1. The molecule has 0 saturated carbocycles. The number of aryl methyl sites for hydroxylation is 1. The predicted octanol–water partition coefficient (Wildman–Crippen LogP) is 1.68. The number of alkyl halides is 2. The molecule has 150 valence electrons. The summed E-state index contributed by atoms with van der Waals surface area (Å²) in [5, 5.41) is 6.53. The lowest BCUT2D eigenvalue weighted by Crippen LogP contribution is -2.53. The average molecular weight is 416 g/mol. The average Bonchev–Trinajstić information content (AvgIpc) is 3.20. The van der Waals surface area contributed by atoms with Crippen molar-refractivity contribution in [2.75, 3.05) is 32.7 Å². The molecule has 2 aliphatic heterocycles. The molecule has 11 heteroatoms. The van der Waals surface area contributed by atoms with Gasteiger partial charge in [-0.05, 0) is 6.92 Å². The number of amides is 1. The topological polar surface area (TPSA) is 74.5 Å². The third-order valence-electron chi connectivity index (χ3n) is 4.74. The Morgan fingerprint density at radius 3 is 2.50 bits per heavy atom. The molecule has 7 nitrogen and oxygen atoms in total. The second-order valence-electron chi connectivity index (χ2n) is 6.43. The van der Waals surface area contributed by atoms with E-state index in [1.54, 1.807) is 4.90 Å². The van der Waals surface area contributed by atoms with E-state index in [1.807, 2.05) is 13.8 Å².